The summed E-state index contributed by atoms with van der Waals surface area (Å²) in [5, 5.41) is 16.8. The van der Waals surface area contributed by atoms with Crippen molar-refractivity contribution in [1.82, 2.24) is 5.32 Å². The van der Waals surface area contributed by atoms with Crippen molar-refractivity contribution in [3.63, 3.8) is 0 Å². The van der Waals surface area contributed by atoms with Gasteiger partial charge in [-0.15, -0.1) is 0 Å². The van der Waals surface area contributed by atoms with Crippen molar-refractivity contribution in [3.05, 3.63) is 80.4 Å². The molecule has 9 nitrogen and oxygen atoms in total. The van der Waals surface area contributed by atoms with Gasteiger partial charge < -0.3 is 15.1 Å². The summed E-state index contributed by atoms with van der Waals surface area (Å²) in [6, 6.07) is 14.3. The summed E-state index contributed by atoms with van der Waals surface area (Å²) < 4.78 is 5.76. The van der Waals surface area contributed by atoms with E-state index in [1.54, 1.807) is 42.5 Å². The number of aliphatic imine (C=N–C) groups is 1. The molecule has 1 aliphatic heterocycles. The number of anilines is 1. The van der Waals surface area contributed by atoms with E-state index < -0.39 is 4.92 Å². The van der Waals surface area contributed by atoms with Crippen LogP contribution in [0.1, 0.15) is 12.7 Å². The van der Waals surface area contributed by atoms with Gasteiger partial charge in [0.2, 0.25) is 5.91 Å². The number of furan rings is 1. The van der Waals surface area contributed by atoms with Gasteiger partial charge >= 0.3 is 0 Å². The number of nitro groups is 1. The van der Waals surface area contributed by atoms with Gasteiger partial charge in [0, 0.05) is 36.4 Å². The second kappa shape index (κ2) is 9.31. The fraction of sp³-hybridized carbons (Fsp3) is 0.0455. The maximum absolute atomic E-state index is 12.3. The molecular weight excluding hydrogens is 468 g/mol. The van der Waals surface area contributed by atoms with Crippen molar-refractivity contribution in [2.75, 3.05) is 5.32 Å². The number of amides is 2. The lowest BCUT2D eigenvalue weighted by molar-refractivity contribution is -0.384. The Hall–Kier alpha value is -3.89. The topological polar surface area (TPSA) is 127 Å². The Kier molecular flexibility index (Phi) is 6.29. The van der Waals surface area contributed by atoms with Crippen LogP contribution < -0.4 is 10.6 Å². The maximum Gasteiger partial charge on any atom is 0.270 e. The first kappa shape index (κ1) is 22.3. The van der Waals surface area contributed by atoms with Gasteiger partial charge in [-0.2, -0.15) is 0 Å². The van der Waals surface area contributed by atoms with E-state index in [0.717, 1.165) is 11.8 Å². The molecule has 3 aromatic rings. The van der Waals surface area contributed by atoms with Gasteiger partial charge in [-0.25, -0.2) is 4.99 Å². The van der Waals surface area contributed by atoms with Crippen LogP contribution in [-0.4, -0.2) is 21.9 Å². The van der Waals surface area contributed by atoms with E-state index in [4.69, 9.17) is 16.0 Å². The Bertz CT molecular complexity index is 1330. The van der Waals surface area contributed by atoms with E-state index in [-0.39, 0.29) is 22.5 Å². The molecule has 11 heteroatoms. The quantitative estimate of drug-likeness (QED) is 0.286. The summed E-state index contributed by atoms with van der Waals surface area (Å²) in [7, 11) is 0. The van der Waals surface area contributed by atoms with Gasteiger partial charge in [0.15, 0.2) is 5.17 Å². The molecule has 0 atom stereocenters. The van der Waals surface area contributed by atoms with Crippen molar-refractivity contribution in [2.24, 2.45) is 4.99 Å². The minimum Gasteiger partial charge on any atom is -0.457 e. The van der Waals surface area contributed by atoms with E-state index in [2.05, 4.69) is 15.6 Å². The van der Waals surface area contributed by atoms with Crippen LogP contribution in [0.5, 0.6) is 0 Å². The van der Waals surface area contributed by atoms with Crippen molar-refractivity contribution in [1.29, 1.82) is 0 Å². The first-order chi connectivity index (χ1) is 15.8. The molecule has 1 saturated heterocycles. The lowest BCUT2D eigenvalue weighted by Gasteiger charge is -2.02. The molecule has 0 saturated carbocycles. The number of thioether (sulfide) groups is 1. The molecular formula is C22H15ClN4O5S. The number of carbonyl (C=O) groups is 2. The Morgan fingerprint density at radius 2 is 1.97 bits per heavy atom. The normalized spacial score (nSPS) is 15.6. The lowest BCUT2D eigenvalue weighted by atomic mass is 10.1. The predicted octanol–water partition coefficient (Wildman–Crippen LogP) is 5.36. The zero-order valence-electron chi connectivity index (χ0n) is 17.0. The molecule has 2 aromatic carbocycles. The third kappa shape index (κ3) is 5.30. The molecule has 1 aromatic heterocycles. The molecule has 2 amide bonds. The van der Waals surface area contributed by atoms with Crippen LogP contribution in [0.2, 0.25) is 5.02 Å². The number of amidine groups is 1. The summed E-state index contributed by atoms with van der Waals surface area (Å²) in [5.74, 6) is 0.343. The van der Waals surface area contributed by atoms with Crippen molar-refractivity contribution < 1.29 is 18.9 Å². The first-order valence-corrected chi connectivity index (χ1v) is 10.7. The fourth-order valence-corrected chi connectivity index (χ4v) is 4.03. The monoisotopic (exact) mass is 482 g/mol. The highest BCUT2D eigenvalue weighted by Crippen LogP contribution is 2.34. The summed E-state index contributed by atoms with van der Waals surface area (Å²) in [6.45, 7) is 1.43. The number of nitro benzene ring substituents is 1. The summed E-state index contributed by atoms with van der Waals surface area (Å²) in [6.07, 6.45) is 1.57. The molecule has 1 aliphatic rings. The molecule has 0 unspecified atom stereocenters. The highest BCUT2D eigenvalue weighted by Gasteiger charge is 2.24. The Labute approximate surface area is 196 Å². The van der Waals surface area contributed by atoms with Crippen LogP contribution in [0.3, 0.4) is 0 Å². The molecule has 2 N–H and O–H groups in total. The molecule has 2 heterocycles. The number of hydrogen-bond acceptors (Lipinski definition) is 7. The Balaban J connectivity index is 1.50. The molecule has 0 radical (unpaired) electrons. The number of non-ortho nitro benzene ring substituents is 1. The van der Waals surface area contributed by atoms with E-state index >= 15 is 0 Å². The standard InChI is InChI=1S/C22H15ClN4O5S/c1-12(28)24-13-2-4-14(5-3-13)25-22-26-21(29)20(33-22)11-16-7-9-19(32-16)17-8-6-15(27(30)31)10-18(17)23/h2-11H,1H3,(H,24,28)(H,25,26,29). The van der Waals surface area contributed by atoms with Crippen LogP contribution in [-0.2, 0) is 9.59 Å². The maximum atomic E-state index is 12.3. The van der Waals surface area contributed by atoms with Crippen LogP contribution >= 0.6 is 23.4 Å². The van der Waals surface area contributed by atoms with E-state index in [1.165, 1.54) is 25.1 Å². The molecule has 4 rings (SSSR count). The predicted molar refractivity (Wildman–Crippen MR) is 127 cm³/mol. The van der Waals surface area contributed by atoms with Gasteiger partial charge in [0.25, 0.3) is 11.6 Å². The van der Waals surface area contributed by atoms with Crippen LogP contribution in [0.25, 0.3) is 17.4 Å². The molecule has 1 fully saturated rings. The van der Waals surface area contributed by atoms with Gasteiger partial charge in [0.05, 0.1) is 20.5 Å². The zero-order valence-corrected chi connectivity index (χ0v) is 18.6. The molecule has 0 spiro atoms. The summed E-state index contributed by atoms with van der Waals surface area (Å²) >= 11 is 7.31. The largest absolute Gasteiger partial charge is 0.457 e. The Morgan fingerprint density at radius 3 is 2.64 bits per heavy atom. The van der Waals surface area contributed by atoms with E-state index in [1.807, 2.05) is 0 Å². The minimum atomic E-state index is -0.528. The van der Waals surface area contributed by atoms with Crippen LogP contribution in [0, 0.1) is 10.1 Å². The third-order valence-corrected chi connectivity index (χ3v) is 5.62. The average Bonchev–Trinajstić information content (AvgIpc) is 3.35. The number of nitrogens with one attached hydrogen (secondary N) is 2. The summed E-state index contributed by atoms with van der Waals surface area (Å²) in [5.41, 5.74) is 1.65. The Morgan fingerprint density at radius 1 is 1.21 bits per heavy atom. The van der Waals surface area contributed by atoms with E-state index in [9.17, 15) is 19.7 Å². The highest BCUT2D eigenvalue weighted by atomic mass is 35.5. The third-order valence-electron chi connectivity index (χ3n) is 4.40. The number of halogens is 1. The number of rotatable bonds is 5. The lowest BCUT2D eigenvalue weighted by Crippen LogP contribution is -2.19. The first-order valence-electron chi connectivity index (χ1n) is 9.50. The molecule has 0 bridgehead atoms. The van der Waals surface area contributed by atoms with Crippen LogP contribution in [0.4, 0.5) is 17.1 Å². The number of nitrogens with zero attached hydrogens (tertiary/aromatic N) is 2. The van der Waals surface area contributed by atoms with Gasteiger partial charge in [-0.3, -0.25) is 19.7 Å². The number of hydrogen-bond donors (Lipinski definition) is 2. The number of benzene rings is 2. The second-order valence-electron chi connectivity index (χ2n) is 6.83. The average molecular weight is 483 g/mol. The van der Waals surface area contributed by atoms with Gasteiger partial charge in [-0.05, 0) is 54.2 Å². The van der Waals surface area contributed by atoms with Gasteiger partial charge in [-0.1, -0.05) is 11.6 Å². The minimum absolute atomic E-state index is 0.117. The molecule has 0 aliphatic carbocycles. The van der Waals surface area contributed by atoms with Crippen molar-refractivity contribution in [2.45, 2.75) is 6.92 Å². The SMILES string of the molecule is CC(=O)Nc1ccc(N=C2NC(=O)C(=Cc3ccc(-c4ccc([N+](=O)[O-])cc4Cl)o3)S2)cc1. The van der Waals surface area contributed by atoms with Gasteiger partial charge in [0.1, 0.15) is 11.5 Å². The fourth-order valence-electron chi connectivity index (χ4n) is 2.94. The molecule has 166 valence electrons. The number of carbonyl (C=O) groups excluding carboxylic acids is 2. The second-order valence-corrected chi connectivity index (χ2v) is 8.27. The molecule has 33 heavy (non-hydrogen) atoms. The van der Waals surface area contributed by atoms with Crippen molar-refractivity contribution in [3.8, 4) is 11.3 Å². The highest BCUT2D eigenvalue weighted by molar-refractivity contribution is 8.18. The zero-order chi connectivity index (χ0) is 23.5. The van der Waals surface area contributed by atoms with Crippen LogP contribution in [0.15, 0.2) is 68.9 Å². The van der Waals surface area contributed by atoms with E-state index in [0.29, 0.717) is 38.5 Å². The van der Waals surface area contributed by atoms with Crippen molar-refractivity contribution >= 4 is 63.5 Å². The smallest absolute Gasteiger partial charge is 0.270 e. The summed E-state index contributed by atoms with van der Waals surface area (Å²) in [4.78, 5) is 38.6.